The minimum absolute atomic E-state index is 0. The molecule has 5 rings (SSSR count). The molecule has 5 heteroatoms. The number of halogens is 3. The van der Waals surface area contributed by atoms with Crippen molar-refractivity contribution in [3.8, 4) is 11.1 Å². The molecule has 1 nitrogen and oxygen atoms in total. The predicted molar refractivity (Wildman–Crippen MR) is 99.3 cm³/mol. The van der Waals surface area contributed by atoms with Gasteiger partial charge < -0.3 is 29.4 Å². The van der Waals surface area contributed by atoms with Crippen LogP contribution in [0.5, 0.6) is 0 Å². The van der Waals surface area contributed by atoms with Crippen LogP contribution in [0.25, 0.3) is 22.0 Å². The van der Waals surface area contributed by atoms with Crippen molar-refractivity contribution in [3.63, 3.8) is 0 Å². The Morgan fingerprint density at radius 3 is 2.58 bits per heavy atom. The summed E-state index contributed by atoms with van der Waals surface area (Å²) in [6, 6.07) is 16.3. The summed E-state index contributed by atoms with van der Waals surface area (Å²) >= 11 is 3.53. The molecule has 0 radical (unpaired) electrons. The van der Waals surface area contributed by atoms with Gasteiger partial charge in [-0.1, -0.05) is 39.9 Å². The number of aromatic nitrogens is 1. The molecular weight excluding hydrogens is 508 g/mol. The van der Waals surface area contributed by atoms with Gasteiger partial charge in [-0.15, -0.1) is 45.9 Å². The summed E-state index contributed by atoms with van der Waals surface area (Å²) in [6.07, 6.45) is 11.0. The fourth-order valence-electron chi connectivity index (χ4n) is 3.32. The van der Waals surface area contributed by atoms with Gasteiger partial charge in [-0.25, -0.2) is 12.2 Å². The van der Waals surface area contributed by atoms with E-state index < -0.39 is 0 Å². The van der Waals surface area contributed by atoms with Gasteiger partial charge in [0, 0.05) is 13.5 Å². The largest absolute Gasteiger partial charge is 4.00 e. The van der Waals surface area contributed by atoms with E-state index in [-0.39, 0.29) is 51.0 Å². The fourth-order valence-corrected chi connectivity index (χ4v) is 3.65. The van der Waals surface area contributed by atoms with Crippen molar-refractivity contribution in [1.82, 2.24) is 4.57 Å². The molecule has 1 aromatic heterocycles. The average molecular weight is 524 g/mol. The minimum Gasteiger partial charge on any atom is -1.00 e. The molecule has 0 fully saturated rings. The summed E-state index contributed by atoms with van der Waals surface area (Å²) in [7, 11) is 2.15. The summed E-state index contributed by atoms with van der Waals surface area (Å²) in [5.41, 5.74) is 6.83. The second-order valence-corrected chi connectivity index (χ2v) is 6.71. The van der Waals surface area contributed by atoms with Crippen LogP contribution < -0.4 is 24.8 Å². The third-order valence-corrected chi connectivity index (χ3v) is 4.88. The molecule has 0 unspecified atom stereocenters. The number of aryl methyl sites for hydroxylation is 1. The number of allylic oxidation sites excluding steroid dienone is 4. The first kappa shape index (κ1) is 23.4. The van der Waals surface area contributed by atoms with Crippen LogP contribution in [0, 0.1) is 12.1 Å². The molecule has 2 aliphatic carbocycles. The molecule has 3 aromatic rings. The molecule has 1 heterocycles. The maximum Gasteiger partial charge on any atom is 4.00 e. The maximum absolute atomic E-state index is 3.53. The van der Waals surface area contributed by atoms with Gasteiger partial charge in [0.25, 0.3) is 0 Å². The summed E-state index contributed by atoms with van der Waals surface area (Å²) in [6.45, 7) is 0. The second-order valence-electron chi connectivity index (χ2n) is 5.80. The Kier molecular flexibility index (Phi) is 9.09. The number of fused-ring (bicyclic) bond motifs is 5. The summed E-state index contributed by atoms with van der Waals surface area (Å²) in [4.78, 5) is 0. The molecule has 0 saturated carbocycles. The molecule has 130 valence electrons. The van der Waals surface area contributed by atoms with Gasteiger partial charge in [0.2, 0.25) is 0 Å². The van der Waals surface area contributed by atoms with Gasteiger partial charge in [-0.2, -0.15) is 6.08 Å². The van der Waals surface area contributed by atoms with Crippen LogP contribution >= 0.6 is 15.9 Å². The number of hydrogen-bond acceptors (Lipinski definition) is 0. The van der Waals surface area contributed by atoms with Crippen LogP contribution in [-0.2, 0) is 39.7 Å². The second kappa shape index (κ2) is 10.1. The average Bonchev–Trinajstić information content (AvgIpc) is 3.28. The zero-order chi connectivity index (χ0) is 15.8. The minimum atomic E-state index is 0. The molecule has 2 aromatic carbocycles. The van der Waals surface area contributed by atoms with Crippen molar-refractivity contribution in [2.24, 2.45) is 7.05 Å². The molecule has 0 N–H and O–H groups in total. The van der Waals surface area contributed by atoms with E-state index in [4.69, 9.17) is 0 Å². The van der Waals surface area contributed by atoms with Gasteiger partial charge in [0.15, 0.2) is 0 Å². The number of nitrogens with zero attached hydrogens (tertiary/aromatic N) is 1. The smallest absolute Gasteiger partial charge is 1.00 e. The van der Waals surface area contributed by atoms with Crippen molar-refractivity contribution in [1.29, 1.82) is 0 Å². The number of hydrogen-bond donors (Lipinski definition) is 0. The first-order chi connectivity index (χ1) is 11.3. The van der Waals surface area contributed by atoms with Gasteiger partial charge in [0.05, 0.1) is 0 Å². The van der Waals surface area contributed by atoms with Gasteiger partial charge in [0.1, 0.15) is 0 Å². The molecule has 0 spiro atoms. The van der Waals surface area contributed by atoms with Crippen LogP contribution in [0.1, 0.15) is 17.7 Å². The summed E-state index contributed by atoms with van der Waals surface area (Å²) < 4.78 is 3.38. The van der Waals surface area contributed by atoms with Gasteiger partial charge in [-0.3, -0.25) is 6.08 Å². The van der Waals surface area contributed by atoms with Crippen molar-refractivity contribution in [3.05, 3.63) is 82.5 Å². The van der Waals surface area contributed by atoms with E-state index in [1.807, 2.05) is 18.2 Å². The topological polar surface area (TPSA) is 4.93 Å². The van der Waals surface area contributed by atoms with Crippen molar-refractivity contribution < 1.29 is 51.0 Å². The van der Waals surface area contributed by atoms with E-state index in [0.29, 0.717) is 0 Å². The van der Waals surface area contributed by atoms with Crippen LogP contribution in [0.3, 0.4) is 0 Å². The zero-order valence-electron chi connectivity index (χ0n) is 14.2. The van der Waals surface area contributed by atoms with Crippen LogP contribution in [-0.4, -0.2) is 4.57 Å². The third kappa shape index (κ3) is 4.28. The van der Waals surface area contributed by atoms with E-state index in [0.717, 1.165) is 17.3 Å². The first-order valence-corrected chi connectivity index (χ1v) is 8.53. The van der Waals surface area contributed by atoms with E-state index in [9.17, 15) is 0 Å². The Morgan fingerprint density at radius 1 is 1.15 bits per heavy atom. The molecule has 0 amide bonds. The van der Waals surface area contributed by atoms with Crippen LogP contribution in [0.2, 0.25) is 0 Å². The Morgan fingerprint density at radius 2 is 1.92 bits per heavy atom. The SMILES string of the molecule is Cn1c2c(c3[c-]cc(Br)cc31)-c1ccccc1C2.[C-]1=CC=CC1.[Cl-].[Cl-].[Zr+4]. The van der Waals surface area contributed by atoms with Crippen molar-refractivity contribution in [2.75, 3.05) is 0 Å². The normalized spacial score (nSPS) is 12.2. The monoisotopic (exact) mass is 521 g/mol. The van der Waals surface area contributed by atoms with Crippen LogP contribution in [0.15, 0.2) is 59.1 Å². The predicted octanol–water partition coefficient (Wildman–Crippen LogP) is -0.377. The molecule has 26 heavy (non-hydrogen) atoms. The molecule has 2 aliphatic rings. The fraction of sp³-hybridized carbons (Fsp3) is 0.143. The molecule has 0 saturated heterocycles. The number of rotatable bonds is 0. The Labute approximate surface area is 194 Å². The zero-order valence-corrected chi connectivity index (χ0v) is 19.7. The molecular formula is C21H16BrCl2NZr. The van der Waals surface area contributed by atoms with Crippen LogP contribution in [0.4, 0.5) is 0 Å². The Balaban J connectivity index is 0.000000372. The quantitative estimate of drug-likeness (QED) is 0.277. The van der Waals surface area contributed by atoms with E-state index in [2.05, 4.69) is 76.1 Å². The summed E-state index contributed by atoms with van der Waals surface area (Å²) in [5, 5.41) is 1.24. The van der Waals surface area contributed by atoms with E-state index >= 15 is 0 Å². The molecule has 0 aliphatic heterocycles. The maximum atomic E-state index is 3.53. The first-order valence-electron chi connectivity index (χ1n) is 7.74. The van der Waals surface area contributed by atoms with Gasteiger partial charge in [-0.05, 0) is 16.8 Å². The standard InChI is InChI=1S/C16H11BrN.C5H5.2ClH.Zr/c1-18-14-9-11(17)6-7-13(14)16-12-5-3-2-4-10(12)8-15(16)18;1-2-4-5-3-1;;;/h2-6,9H,8H2,1H3;1-3H,4H2;2*1H;/q2*-1;;;+4/p-2. The van der Waals surface area contributed by atoms with Gasteiger partial charge >= 0.3 is 26.2 Å². The Bertz CT molecular complexity index is 950. The van der Waals surface area contributed by atoms with E-state index in [1.54, 1.807) is 0 Å². The van der Waals surface area contributed by atoms with Crippen molar-refractivity contribution >= 4 is 26.8 Å². The molecule has 0 atom stereocenters. The summed E-state index contributed by atoms with van der Waals surface area (Å²) in [5.74, 6) is 0. The van der Waals surface area contributed by atoms with Crippen molar-refractivity contribution in [2.45, 2.75) is 12.8 Å². The Hall–Kier alpha value is -0.597. The molecule has 0 bridgehead atoms. The van der Waals surface area contributed by atoms with E-state index in [1.165, 1.54) is 33.3 Å². The third-order valence-electron chi connectivity index (χ3n) is 4.42. The number of benzene rings is 2.